The van der Waals surface area contributed by atoms with Crippen molar-refractivity contribution in [2.75, 3.05) is 44.8 Å². The van der Waals surface area contributed by atoms with Crippen molar-refractivity contribution in [2.24, 2.45) is 0 Å². The normalized spacial score (nSPS) is 14.7. The predicted octanol–water partition coefficient (Wildman–Crippen LogP) is 4.49. The first-order chi connectivity index (χ1) is 18.0. The van der Waals surface area contributed by atoms with Gasteiger partial charge < -0.3 is 34.7 Å². The number of ether oxygens (including phenoxy) is 2. The molecule has 0 unspecified atom stereocenters. The monoisotopic (exact) mass is 523 g/mol. The number of carbonyl (C=O) groups excluding carboxylic acids is 2. The van der Waals surface area contributed by atoms with Gasteiger partial charge in [-0.2, -0.15) is 0 Å². The Balaban J connectivity index is 1.28. The topological polar surface area (TPSA) is 123 Å². The van der Waals surface area contributed by atoms with E-state index in [4.69, 9.17) is 19.6 Å². The molecule has 0 bridgehead atoms. The van der Waals surface area contributed by atoms with Gasteiger partial charge in [0, 0.05) is 42.1 Å². The number of piperidine rings is 1. The maximum atomic E-state index is 12.4. The van der Waals surface area contributed by atoms with E-state index in [1.165, 1.54) is 0 Å². The Kier molecular flexibility index (Phi) is 8.23. The van der Waals surface area contributed by atoms with Crippen LogP contribution in [-0.2, 0) is 20.8 Å². The Hall–Kier alpha value is -3.63. The summed E-state index contributed by atoms with van der Waals surface area (Å²) in [4.78, 5) is 33.0. The number of hydrogen-bond donors (Lipinski definition) is 2. The van der Waals surface area contributed by atoms with Gasteiger partial charge in [0.1, 0.15) is 17.7 Å². The van der Waals surface area contributed by atoms with Gasteiger partial charge in [-0.3, -0.25) is 4.79 Å². The molecule has 0 saturated carbocycles. The molecule has 1 aliphatic heterocycles. The fourth-order valence-electron chi connectivity index (χ4n) is 4.33. The molecule has 2 heterocycles. The lowest BCUT2D eigenvalue weighted by molar-refractivity contribution is -0.123. The van der Waals surface area contributed by atoms with Crippen LogP contribution in [0.5, 0.6) is 0 Å². The lowest BCUT2D eigenvalue weighted by Gasteiger charge is -2.33. The van der Waals surface area contributed by atoms with E-state index < -0.39 is 5.60 Å². The first kappa shape index (κ1) is 27.4. The smallest absolute Gasteiger partial charge is 0.410 e. The number of anilines is 2. The quantitative estimate of drug-likeness (QED) is 0.434. The Morgan fingerprint density at radius 3 is 2.47 bits per heavy atom. The van der Waals surface area contributed by atoms with Crippen LogP contribution >= 0.6 is 0 Å². The first-order valence-electron chi connectivity index (χ1n) is 12.8. The summed E-state index contributed by atoms with van der Waals surface area (Å²) >= 11 is 0. The predicted molar refractivity (Wildman–Crippen MR) is 147 cm³/mol. The van der Waals surface area contributed by atoms with Crippen molar-refractivity contribution in [1.29, 1.82) is 0 Å². The zero-order valence-corrected chi connectivity index (χ0v) is 22.7. The summed E-state index contributed by atoms with van der Waals surface area (Å²) in [7, 11) is 3.97. The zero-order chi connectivity index (χ0) is 27.4. The summed E-state index contributed by atoms with van der Waals surface area (Å²) < 4.78 is 17.3. The standard InChI is InChI=1S/C28H37N5O5/c1-28(2,3)38-27(35)33-12-10-22(11-13-33)36-17-24(34)30-21-8-6-18(7-9-21)26-31-23-15-20(29)14-19(16-32(4)5)25(23)37-26/h6-9,14-15,22H,10-13,16-17,29H2,1-5H3,(H,30,34). The van der Waals surface area contributed by atoms with Crippen molar-refractivity contribution in [3.8, 4) is 11.5 Å². The summed E-state index contributed by atoms with van der Waals surface area (Å²) in [5.41, 5.74) is 10.0. The first-order valence-corrected chi connectivity index (χ1v) is 12.8. The highest BCUT2D eigenvalue weighted by molar-refractivity contribution is 5.92. The van der Waals surface area contributed by atoms with E-state index in [9.17, 15) is 9.59 Å². The van der Waals surface area contributed by atoms with Crippen LogP contribution in [0.3, 0.4) is 0 Å². The molecule has 10 heteroatoms. The van der Waals surface area contributed by atoms with E-state index in [0.717, 1.165) is 11.1 Å². The molecule has 204 valence electrons. The molecule has 3 N–H and O–H groups in total. The average Bonchev–Trinajstić information content (AvgIpc) is 3.26. The van der Waals surface area contributed by atoms with Crippen molar-refractivity contribution in [1.82, 2.24) is 14.8 Å². The van der Waals surface area contributed by atoms with Gasteiger partial charge in [0.25, 0.3) is 0 Å². The minimum Gasteiger partial charge on any atom is -0.444 e. The van der Waals surface area contributed by atoms with Crippen LogP contribution in [0.2, 0.25) is 0 Å². The summed E-state index contributed by atoms with van der Waals surface area (Å²) in [6, 6.07) is 11.0. The highest BCUT2D eigenvalue weighted by atomic mass is 16.6. The maximum Gasteiger partial charge on any atom is 0.410 e. The Morgan fingerprint density at radius 2 is 1.84 bits per heavy atom. The zero-order valence-electron chi connectivity index (χ0n) is 22.7. The van der Waals surface area contributed by atoms with Gasteiger partial charge in [-0.15, -0.1) is 0 Å². The molecule has 2 amide bonds. The van der Waals surface area contributed by atoms with Gasteiger partial charge in [-0.25, -0.2) is 9.78 Å². The molecule has 10 nitrogen and oxygen atoms in total. The van der Waals surface area contributed by atoms with Crippen molar-refractivity contribution >= 4 is 34.5 Å². The second-order valence-corrected chi connectivity index (χ2v) is 10.9. The molecular formula is C28H37N5O5. The largest absolute Gasteiger partial charge is 0.444 e. The van der Waals surface area contributed by atoms with E-state index in [1.54, 1.807) is 23.1 Å². The summed E-state index contributed by atoms with van der Waals surface area (Å²) in [6.45, 7) is 7.26. The van der Waals surface area contributed by atoms with E-state index in [1.807, 2.05) is 58.0 Å². The third-order valence-corrected chi connectivity index (χ3v) is 6.04. The number of benzene rings is 2. The van der Waals surface area contributed by atoms with Crippen LogP contribution < -0.4 is 11.1 Å². The number of nitrogens with one attached hydrogen (secondary N) is 1. The fraction of sp³-hybridized carbons (Fsp3) is 0.464. The number of nitrogen functional groups attached to an aromatic ring is 1. The van der Waals surface area contributed by atoms with Crippen molar-refractivity contribution < 1.29 is 23.5 Å². The molecule has 1 aliphatic rings. The number of carbonyl (C=O) groups is 2. The minimum absolute atomic E-state index is 0.0555. The highest BCUT2D eigenvalue weighted by Crippen LogP contribution is 2.30. The molecule has 0 spiro atoms. The van der Waals surface area contributed by atoms with Gasteiger partial charge in [0.15, 0.2) is 5.58 Å². The van der Waals surface area contributed by atoms with E-state index >= 15 is 0 Å². The molecule has 1 aromatic heterocycles. The summed E-state index contributed by atoms with van der Waals surface area (Å²) in [6.07, 6.45) is 0.932. The molecule has 0 radical (unpaired) electrons. The number of likely N-dealkylation sites (tertiary alicyclic amines) is 1. The second-order valence-electron chi connectivity index (χ2n) is 10.9. The fourth-order valence-corrected chi connectivity index (χ4v) is 4.33. The molecule has 1 saturated heterocycles. The number of nitrogens with two attached hydrogens (primary N) is 1. The number of aromatic nitrogens is 1. The van der Waals surface area contributed by atoms with Crippen molar-refractivity contribution in [2.45, 2.75) is 51.9 Å². The highest BCUT2D eigenvalue weighted by Gasteiger charge is 2.27. The maximum absolute atomic E-state index is 12.4. The summed E-state index contributed by atoms with van der Waals surface area (Å²) in [5.74, 6) is 0.252. The van der Waals surface area contributed by atoms with Gasteiger partial charge in [0.05, 0.1) is 6.10 Å². The molecule has 3 aromatic rings. The molecule has 0 atom stereocenters. The van der Waals surface area contributed by atoms with Crippen molar-refractivity contribution in [3.05, 3.63) is 42.0 Å². The third kappa shape index (κ3) is 7.23. The van der Waals surface area contributed by atoms with Crippen LogP contribution in [-0.4, -0.2) is 72.3 Å². The third-order valence-electron chi connectivity index (χ3n) is 6.04. The molecule has 4 rings (SSSR count). The number of amides is 2. The molecular weight excluding hydrogens is 486 g/mol. The van der Waals surface area contributed by atoms with Crippen LogP contribution in [0.15, 0.2) is 40.8 Å². The van der Waals surface area contributed by atoms with Gasteiger partial charge >= 0.3 is 6.09 Å². The van der Waals surface area contributed by atoms with Crippen LogP contribution in [0.1, 0.15) is 39.2 Å². The second kappa shape index (κ2) is 11.4. The minimum atomic E-state index is -0.521. The van der Waals surface area contributed by atoms with E-state index in [-0.39, 0.29) is 24.7 Å². The Morgan fingerprint density at radius 1 is 1.16 bits per heavy atom. The van der Waals surface area contributed by atoms with Crippen LogP contribution in [0, 0.1) is 0 Å². The molecule has 2 aromatic carbocycles. The van der Waals surface area contributed by atoms with Gasteiger partial charge in [0.2, 0.25) is 11.8 Å². The average molecular weight is 524 g/mol. The van der Waals surface area contributed by atoms with Crippen LogP contribution in [0.25, 0.3) is 22.6 Å². The Labute approximate surface area is 223 Å². The number of hydrogen-bond acceptors (Lipinski definition) is 8. The Bertz CT molecular complexity index is 1270. The van der Waals surface area contributed by atoms with Crippen LogP contribution in [0.4, 0.5) is 16.2 Å². The lowest BCUT2D eigenvalue weighted by atomic mass is 10.1. The van der Waals surface area contributed by atoms with Gasteiger partial charge in [-0.1, -0.05) is 0 Å². The van der Waals surface area contributed by atoms with Gasteiger partial charge in [-0.05, 0) is 84.1 Å². The number of rotatable bonds is 7. The van der Waals surface area contributed by atoms with Crippen molar-refractivity contribution in [3.63, 3.8) is 0 Å². The van der Waals surface area contributed by atoms with E-state index in [2.05, 4.69) is 10.3 Å². The number of nitrogens with zero attached hydrogens (tertiary/aromatic N) is 3. The molecule has 1 fully saturated rings. The number of fused-ring (bicyclic) bond motifs is 1. The lowest BCUT2D eigenvalue weighted by Crippen LogP contribution is -2.43. The number of oxazole rings is 1. The SMILES string of the molecule is CN(C)Cc1cc(N)cc2nc(-c3ccc(NC(=O)COC4CCN(C(=O)OC(C)(C)C)CC4)cc3)oc12. The summed E-state index contributed by atoms with van der Waals surface area (Å²) in [5, 5.41) is 2.86. The molecule has 38 heavy (non-hydrogen) atoms. The van der Waals surface area contributed by atoms with E-state index in [0.29, 0.717) is 60.8 Å². The molecule has 0 aliphatic carbocycles.